The molecule has 2 saturated carbocycles. The van der Waals surface area contributed by atoms with Gasteiger partial charge < -0.3 is 0 Å². The van der Waals surface area contributed by atoms with Crippen molar-refractivity contribution in [3.63, 3.8) is 0 Å². The number of sulfonamides is 1. The molecule has 0 heterocycles. The lowest BCUT2D eigenvalue weighted by Gasteiger charge is -2.22. The lowest BCUT2D eigenvalue weighted by atomic mass is 10.1. The van der Waals surface area contributed by atoms with Gasteiger partial charge in [-0.2, -0.15) is 4.31 Å². The Morgan fingerprint density at radius 3 is 2.19 bits per heavy atom. The van der Waals surface area contributed by atoms with Crippen LogP contribution in [0.5, 0.6) is 0 Å². The largest absolute Gasteiger partial charge is 0.243 e. The summed E-state index contributed by atoms with van der Waals surface area (Å²) in [4.78, 5) is 0.394. The van der Waals surface area contributed by atoms with E-state index in [2.05, 4.69) is 0 Å². The highest BCUT2D eigenvalue weighted by Crippen LogP contribution is 2.36. The summed E-state index contributed by atoms with van der Waals surface area (Å²) < 4.78 is 27.6. The minimum Gasteiger partial charge on any atom is -0.207 e. The molecular formula is C16H22ClNO2S. The van der Waals surface area contributed by atoms with Gasteiger partial charge in [-0.1, -0.05) is 6.07 Å². The first-order chi connectivity index (χ1) is 10.0. The first-order valence-corrected chi connectivity index (χ1v) is 9.64. The van der Waals surface area contributed by atoms with E-state index in [4.69, 9.17) is 11.6 Å². The van der Waals surface area contributed by atoms with Crippen LogP contribution in [0.15, 0.2) is 23.1 Å². The molecule has 0 atom stereocenters. The molecule has 3 nitrogen and oxygen atoms in total. The Morgan fingerprint density at radius 2 is 1.71 bits per heavy atom. The molecule has 0 unspecified atom stereocenters. The minimum atomic E-state index is -3.39. The van der Waals surface area contributed by atoms with E-state index in [-0.39, 0.29) is 0 Å². The molecule has 3 rings (SSSR count). The second-order valence-electron chi connectivity index (χ2n) is 6.43. The molecule has 0 amide bonds. The Kier molecular flexibility index (Phi) is 4.30. The highest BCUT2D eigenvalue weighted by atomic mass is 35.5. The molecule has 2 fully saturated rings. The molecule has 0 N–H and O–H groups in total. The van der Waals surface area contributed by atoms with Crippen molar-refractivity contribution in [1.82, 2.24) is 4.31 Å². The van der Waals surface area contributed by atoms with E-state index in [1.165, 1.54) is 0 Å². The van der Waals surface area contributed by atoms with E-state index < -0.39 is 10.0 Å². The highest BCUT2D eigenvalue weighted by molar-refractivity contribution is 7.89. The maximum Gasteiger partial charge on any atom is 0.243 e. The number of alkyl halides is 1. The molecule has 0 bridgehead atoms. The topological polar surface area (TPSA) is 37.4 Å². The summed E-state index contributed by atoms with van der Waals surface area (Å²) in [6, 6.07) is 5.31. The highest BCUT2D eigenvalue weighted by Gasteiger charge is 2.35. The quantitative estimate of drug-likeness (QED) is 0.718. The fourth-order valence-corrected chi connectivity index (χ4v) is 4.48. The SMILES string of the molecule is Cc1ccc(S(=O)(=O)N(CC2CC2)CC2CC2)cc1CCl. The first kappa shape index (κ1) is 15.3. The van der Waals surface area contributed by atoms with Gasteiger partial charge in [-0.3, -0.25) is 0 Å². The Balaban J connectivity index is 1.87. The van der Waals surface area contributed by atoms with Crippen LogP contribution in [0.2, 0.25) is 0 Å². The van der Waals surface area contributed by atoms with Gasteiger partial charge in [-0.25, -0.2) is 8.42 Å². The number of aryl methyl sites for hydroxylation is 1. The summed E-state index contributed by atoms with van der Waals surface area (Å²) in [6.07, 6.45) is 4.66. The average molecular weight is 328 g/mol. The fourth-order valence-electron chi connectivity index (χ4n) is 2.55. The summed E-state index contributed by atoms with van der Waals surface area (Å²) in [7, 11) is -3.39. The number of nitrogens with zero attached hydrogens (tertiary/aromatic N) is 1. The zero-order valence-corrected chi connectivity index (χ0v) is 14.0. The molecule has 0 spiro atoms. The van der Waals surface area contributed by atoms with E-state index in [9.17, 15) is 8.42 Å². The van der Waals surface area contributed by atoms with Crippen molar-refractivity contribution in [3.05, 3.63) is 29.3 Å². The van der Waals surface area contributed by atoms with Crippen LogP contribution < -0.4 is 0 Å². The smallest absolute Gasteiger partial charge is 0.207 e. The van der Waals surface area contributed by atoms with Gasteiger partial charge in [-0.05, 0) is 67.7 Å². The van der Waals surface area contributed by atoms with Gasteiger partial charge in [0.2, 0.25) is 10.0 Å². The summed E-state index contributed by atoms with van der Waals surface area (Å²) in [5.41, 5.74) is 1.94. The molecule has 21 heavy (non-hydrogen) atoms. The summed E-state index contributed by atoms with van der Waals surface area (Å²) in [5, 5.41) is 0. The van der Waals surface area contributed by atoms with E-state index in [1.54, 1.807) is 16.4 Å². The van der Waals surface area contributed by atoms with Crippen LogP contribution >= 0.6 is 11.6 Å². The molecule has 1 aromatic carbocycles. The van der Waals surface area contributed by atoms with Crippen LogP contribution in [0.25, 0.3) is 0 Å². The molecule has 2 aliphatic rings. The van der Waals surface area contributed by atoms with Crippen molar-refractivity contribution in [2.24, 2.45) is 11.8 Å². The van der Waals surface area contributed by atoms with Crippen LogP contribution in [-0.4, -0.2) is 25.8 Å². The van der Waals surface area contributed by atoms with Crippen molar-refractivity contribution < 1.29 is 8.42 Å². The average Bonchev–Trinajstić information content (AvgIpc) is 3.33. The summed E-state index contributed by atoms with van der Waals surface area (Å²) >= 11 is 5.91. The molecule has 116 valence electrons. The van der Waals surface area contributed by atoms with Gasteiger partial charge in [0.05, 0.1) is 4.90 Å². The van der Waals surface area contributed by atoms with Crippen LogP contribution in [0.1, 0.15) is 36.8 Å². The Morgan fingerprint density at radius 1 is 1.14 bits per heavy atom. The van der Waals surface area contributed by atoms with Gasteiger partial charge in [0.15, 0.2) is 0 Å². The normalized spacial score (nSPS) is 19.2. The predicted molar refractivity (Wildman–Crippen MR) is 84.9 cm³/mol. The zero-order chi connectivity index (χ0) is 15.0. The third-order valence-electron chi connectivity index (χ3n) is 4.42. The van der Waals surface area contributed by atoms with Crippen molar-refractivity contribution in [2.45, 2.75) is 43.4 Å². The lowest BCUT2D eigenvalue weighted by molar-refractivity contribution is 0.382. The number of halogens is 1. The molecule has 0 saturated heterocycles. The number of hydrogen-bond donors (Lipinski definition) is 0. The van der Waals surface area contributed by atoms with Crippen molar-refractivity contribution >= 4 is 21.6 Å². The Labute approximate surface area is 132 Å². The molecular weight excluding hydrogens is 306 g/mol. The fraction of sp³-hybridized carbons (Fsp3) is 0.625. The molecule has 1 aromatic rings. The predicted octanol–water partition coefficient (Wildman–Crippen LogP) is 3.54. The monoisotopic (exact) mass is 327 g/mol. The third kappa shape index (κ3) is 3.61. The standard InChI is InChI=1S/C16H22ClNO2S/c1-12-2-7-16(8-15(12)9-17)21(19,20)18(10-13-3-4-13)11-14-5-6-14/h2,7-8,13-14H,3-6,9-11H2,1H3. The number of hydrogen-bond acceptors (Lipinski definition) is 2. The summed E-state index contributed by atoms with van der Waals surface area (Å²) in [5.74, 6) is 1.48. The van der Waals surface area contributed by atoms with Crippen LogP contribution in [0.3, 0.4) is 0 Å². The number of benzene rings is 1. The Bertz CT molecular complexity index is 607. The molecule has 2 aliphatic carbocycles. The van der Waals surface area contributed by atoms with Crippen LogP contribution in [-0.2, 0) is 15.9 Å². The van der Waals surface area contributed by atoms with Crippen molar-refractivity contribution in [3.8, 4) is 0 Å². The second kappa shape index (κ2) is 5.90. The van der Waals surface area contributed by atoms with E-state index in [1.807, 2.05) is 13.0 Å². The van der Waals surface area contributed by atoms with Gasteiger partial charge in [0.1, 0.15) is 0 Å². The van der Waals surface area contributed by atoms with Gasteiger partial charge >= 0.3 is 0 Å². The van der Waals surface area contributed by atoms with Crippen LogP contribution in [0, 0.1) is 18.8 Å². The summed E-state index contributed by atoms with van der Waals surface area (Å²) in [6.45, 7) is 3.33. The maximum absolute atomic E-state index is 12.9. The van der Waals surface area contributed by atoms with Crippen LogP contribution in [0.4, 0.5) is 0 Å². The first-order valence-electron chi connectivity index (χ1n) is 7.66. The molecule has 5 heteroatoms. The van der Waals surface area contributed by atoms with E-state index in [0.717, 1.165) is 36.8 Å². The van der Waals surface area contributed by atoms with Gasteiger partial charge in [-0.15, -0.1) is 11.6 Å². The van der Waals surface area contributed by atoms with Crippen molar-refractivity contribution in [2.75, 3.05) is 13.1 Å². The molecule has 0 aliphatic heterocycles. The van der Waals surface area contributed by atoms with Gasteiger partial charge in [0.25, 0.3) is 0 Å². The van der Waals surface area contributed by atoms with E-state index in [0.29, 0.717) is 35.7 Å². The third-order valence-corrected chi connectivity index (χ3v) is 6.54. The molecule has 0 aromatic heterocycles. The molecule has 0 radical (unpaired) electrons. The zero-order valence-electron chi connectivity index (χ0n) is 12.4. The Hall–Kier alpha value is -0.580. The van der Waals surface area contributed by atoms with E-state index >= 15 is 0 Å². The number of rotatable bonds is 7. The maximum atomic E-state index is 12.9. The second-order valence-corrected chi connectivity index (χ2v) is 8.64. The van der Waals surface area contributed by atoms with Gasteiger partial charge in [0, 0.05) is 19.0 Å². The minimum absolute atomic E-state index is 0.348. The van der Waals surface area contributed by atoms with Crippen molar-refractivity contribution in [1.29, 1.82) is 0 Å². The lowest BCUT2D eigenvalue weighted by Crippen LogP contribution is -2.34.